The Bertz CT molecular complexity index is 746. The molecule has 0 bridgehead atoms. The van der Waals surface area contributed by atoms with Crippen LogP contribution in [0.15, 0.2) is 48.2 Å². The summed E-state index contributed by atoms with van der Waals surface area (Å²) in [4.78, 5) is 11.5. The molecule has 0 fully saturated rings. The van der Waals surface area contributed by atoms with Crippen LogP contribution in [0, 0.1) is 16.9 Å². The van der Waals surface area contributed by atoms with Crippen LogP contribution < -0.4 is 0 Å². The van der Waals surface area contributed by atoms with E-state index in [0.717, 1.165) is 11.3 Å². The molecule has 1 radical (unpaired) electrons. The van der Waals surface area contributed by atoms with E-state index in [1.165, 1.54) is 6.08 Å². The minimum atomic E-state index is -0.417. The SMILES string of the molecule is CC(C)(C)C(=O)/C=C(\O)C(C)(C)C.Clc1ccc(-c2[c-]cccc2)nn1.[Ir]. The van der Waals surface area contributed by atoms with Gasteiger partial charge < -0.3 is 5.11 Å². The monoisotopic (exact) mass is 566 g/mol. The minimum Gasteiger partial charge on any atom is -0.512 e. The van der Waals surface area contributed by atoms with Crippen molar-refractivity contribution >= 4 is 17.4 Å². The van der Waals surface area contributed by atoms with E-state index < -0.39 is 5.41 Å². The van der Waals surface area contributed by atoms with Gasteiger partial charge in [-0.25, -0.2) is 0 Å². The van der Waals surface area contributed by atoms with E-state index in [9.17, 15) is 9.90 Å². The van der Waals surface area contributed by atoms with Crippen LogP contribution in [0.3, 0.4) is 0 Å². The maximum Gasteiger partial charge on any atom is 0.164 e. The van der Waals surface area contributed by atoms with Crippen LogP contribution in [0.2, 0.25) is 5.15 Å². The quantitative estimate of drug-likeness (QED) is 0.289. The largest absolute Gasteiger partial charge is 0.512 e. The molecule has 0 spiro atoms. The molecule has 149 valence electrons. The van der Waals surface area contributed by atoms with Crippen molar-refractivity contribution in [2.24, 2.45) is 10.8 Å². The Balaban J connectivity index is 0.000000483. The van der Waals surface area contributed by atoms with Gasteiger partial charge in [0, 0.05) is 42.7 Å². The molecule has 1 aromatic carbocycles. The van der Waals surface area contributed by atoms with Crippen LogP contribution in [0.25, 0.3) is 11.3 Å². The van der Waals surface area contributed by atoms with E-state index >= 15 is 0 Å². The Morgan fingerprint density at radius 2 is 1.67 bits per heavy atom. The number of carbonyl (C=O) groups excluding carboxylic acids is 1. The van der Waals surface area contributed by atoms with Crippen molar-refractivity contribution < 1.29 is 30.0 Å². The number of aliphatic hydroxyl groups excluding tert-OH is 1. The van der Waals surface area contributed by atoms with E-state index in [0.29, 0.717) is 5.15 Å². The van der Waals surface area contributed by atoms with Crippen molar-refractivity contribution in [1.29, 1.82) is 0 Å². The maximum atomic E-state index is 11.5. The van der Waals surface area contributed by atoms with Gasteiger partial charge in [-0.2, -0.15) is 5.10 Å². The molecule has 0 aliphatic rings. The molecule has 4 nitrogen and oxygen atoms in total. The molecule has 2 rings (SSSR count). The molecule has 0 saturated carbocycles. The third-order valence-corrected chi connectivity index (χ3v) is 3.59. The number of nitrogens with zero attached hydrogens (tertiary/aromatic N) is 2. The van der Waals surface area contributed by atoms with Crippen LogP contribution in [0.1, 0.15) is 41.5 Å². The second kappa shape index (κ2) is 10.7. The minimum absolute atomic E-state index is 0. The van der Waals surface area contributed by atoms with Gasteiger partial charge in [0.15, 0.2) is 5.78 Å². The van der Waals surface area contributed by atoms with Gasteiger partial charge in [-0.3, -0.25) is 4.79 Å². The summed E-state index contributed by atoms with van der Waals surface area (Å²) in [5, 5.41) is 17.6. The molecule has 0 atom stereocenters. The number of hydrogen-bond donors (Lipinski definition) is 1. The van der Waals surface area contributed by atoms with Gasteiger partial charge in [-0.1, -0.05) is 59.2 Å². The molecule has 1 heterocycles. The van der Waals surface area contributed by atoms with Crippen molar-refractivity contribution in [3.63, 3.8) is 0 Å². The molecular formula is C21H26ClIrN2O2-. The Morgan fingerprint density at radius 1 is 1.04 bits per heavy atom. The van der Waals surface area contributed by atoms with Crippen LogP contribution in [0.4, 0.5) is 0 Å². The summed E-state index contributed by atoms with van der Waals surface area (Å²) in [5.41, 5.74) is 0.941. The maximum absolute atomic E-state index is 11.5. The third kappa shape index (κ3) is 9.27. The molecule has 0 aliphatic heterocycles. The number of benzene rings is 1. The first-order valence-electron chi connectivity index (χ1n) is 8.33. The molecule has 6 heteroatoms. The van der Waals surface area contributed by atoms with Gasteiger partial charge in [0.1, 0.15) is 10.9 Å². The van der Waals surface area contributed by atoms with Crippen LogP contribution >= 0.6 is 11.6 Å². The summed E-state index contributed by atoms with van der Waals surface area (Å²) >= 11 is 5.62. The summed E-state index contributed by atoms with van der Waals surface area (Å²) in [7, 11) is 0. The third-order valence-electron chi connectivity index (χ3n) is 3.39. The van der Waals surface area contributed by atoms with Crippen molar-refractivity contribution in [1.82, 2.24) is 10.2 Å². The zero-order valence-electron chi connectivity index (χ0n) is 16.5. The number of ketones is 1. The number of carbonyl (C=O) groups is 1. The standard InChI is InChI=1S/C11H20O2.C10H6ClN2.Ir/c1-10(2,3)8(12)7-9(13)11(4,5)6;11-10-7-6-9(12-13-10)8-4-2-1-3-5-8;/h7,12H,1-6H3;1-4,6-7H;/q;-1;/b8-7-;;. The van der Waals surface area contributed by atoms with E-state index in [4.69, 9.17) is 11.6 Å². The fourth-order valence-corrected chi connectivity index (χ4v) is 1.67. The first-order valence-corrected chi connectivity index (χ1v) is 8.71. The fourth-order valence-electron chi connectivity index (χ4n) is 1.57. The van der Waals surface area contributed by atoms with Crippen LogP contribution in [0.5, 0.6) is 0 Å². The molecule has 0 unspecified atom stereocenters. The zero-order valence-corrected chi connectivity index (χ0v) is 19.7. The van der Waals surface area contributed by atoms with Crippen LogP contribution in [-0.4, -0.2) is 21.1 Å². The molecule has 27 heavy (non-hydrogen) atoms. The number of rotatable bonds is 2. The summed E-state index contributed by atoms with van der Waals surface area (Å²) in [6.07, 6.45) is 1.33. The first-order chi connectivity index (χ1) is 11.9. The van der Waals surface area contributed by atoms with E-state index in [2.05, 4.69) is 16.3 Å². The molecule has 0 aliphatic carbocycles. The van der Waals surface area contributed by atoms with Gasteiger partial charge in [-0.15, -0.1) is 41.0 Å². The number of aliphatic hydroxyl groups is 1. The smallest absolute Gasteiger partial charge is 0.164 e. The van der Waals surface area contributed by atoms with Gasteiger partial charge in [0.05, 0.1) is 0 Å². The topological polar surface area (TPSA) is 63.1 Å². The summed E-state index contributed by atoms with van der Waals surface area (Å²) in [6.45, 7) is 11.1. The molecule has 1 N–H and O–H groups in total. The number of allylic oxidation sites excluding steroid dienone is 2. The number of halogens is 1. The Morgan fingerprint density at radius 3 is 2.07 bits per heavy atom. The Labute approximate surface area is 180 Å². The second-order valence-corrected chi connectivity index (χ2v) is 8.30. The summed E-state index contributed by atoms with van der Waals surface area (Å²) in [5.74, 6) is 0.104. The predicted octanol–water partition coefficient (Wildman–Crippen LogP) is 5.68. The van der Waals surface area contributed by atoms with Crippen molar-refractivity contribution in [3.8, 4) is 11.3 Å². The van der Waals surface area contributed by atoms with E-state index in [1.54, 1.807) is 6.07 Å². The van der Waals surface area contributed by atoms with Crippen molar-refractivity contribution in [2.45, 2.75) is 41.5 Å². The van der Waals surface area contributed by atoms with Gasteiger partial charge in [0.2, 0.25) is 0 Å². The number of aromatic nitrogens is 2. The Hall–Kier alpha value is -1.55. The average molecular weight is 566 g/mol. The van der Waals surface area contributed by atoms with Gasteiger partial charge in [-0.05, 0) is 6.07 Å². The molecule has 1 aromatic heterocycles. The summed E-state index contributed by atoms with van der Waals surface area (Å²) < 4.78 is 0. The molecule has 2 aromatic rings. The normalized spacial score (nSPS) is 11.7. The van der Waals surface area contributed by atoms with E-state index in [-0.39, 0.29) is 37.1 Å². The van der Waals surface area contributed by atoms with Gasteiger partial charge in [0.25, 0.3) is 0 Å². The first kappa shape index (κ1) is 25.4. The van der Waals surface area contributed by atoms with Crippen molar-refractivity contribution in [3.05, 3.63) is 59.5 Å². The second-order valence-electron chi connectivity index (χ2n) is 7.91. The zero-order chi connectivity index (χ0) is 20.0. The average Bonchev–Trinajstić information content (AvgIpc) is 2.55. The number of hydrogen-bond acceptors (Lipinski definition) is 4. The molecule has 0 amide bonds. The Kier molecular flexibility index (Phi) is 10.1. The van der Waals surface area contributed by atoms with Crippen molar-refractivity contribution in [2.75, 3.05) is 0 Å². The fraction of sp³-hybridized carbons (Fsp3) is 0.381. The van der Waals surface area contributed by atoms with Crippen LogP contribution in [-0.2, 0) is 24.9 Å². The predicted molar refractivity (Wildman–Crippen MR) is 106 cm³/mol. The summed E-state index contributed by atoms with van der Waals surface area (Å²) in [6, 6.07) is 14.2. The van der Waals surface area contributed by atoms with E-state index in [1.807, 2.05) is 71.9 Å². The van der Waals surface area contributed by atoms with Gasteiger partial charge >= 0.3 is 0 Å². The molecular weight excluding hydrogens is 540 g/mol. The molecule has 0 saturated heterocycles.